The van der Waals surface area contributed by atoms with E-state index in [4.69, 9.17) is 30.5 Å². The van der Waals surface area contributed by atoms with Gasteiger partial charge in [-0.05, 0) is 67.0 Å². The van der Waals surface area contributed by atoms with Crippen molar-refractivity contribution in [2.75, 3.05) is 0 Å². The molecular weight excluding hydrogens is 544 g/mol. The molecule has 1 aromatic heterocycles. The average Bonchev–Trinajstić information content (AvgIpc) is 3.75. The van der Waals surface area contributed by atoms with Crippen LogP contribution in [0.1, 0.15) is 38.4 Å². The van der Waals surface area contributed by atoms with Crippen LogP contribution in [0.3, 0.4) is 0 Å². The molecule has 0 atom stereocenters. The second-order valence-electron chi connectivity index (χ2n) is 9.51. The highest BCUT2D eigenvalue weighted by molar-refractivity contribution is 6.25. The third-order valence-corrected chi connectivity index (χ3v) is 7.12. The Morgan fingerprint density at radius 2 is 0.844 bits per heavy atom. The number of fused-ring (bicyclic) bond motifs is 5. The van der Waals surface area contributed by atoms with Crippen molar-refractivity contribution in [2.24, 2.45) is 0 Å². The summed E-state index contributed by atoms with van der Waals surface area (Å²) in [4.78, 5) is 0. The zero-order chi connectivity index (χ0) is 54.1. The number of para-hydroxylation sites is 1. The lowest BCUT2D eigenvalue weighted by molar-refractivity contribution is 0.670. The first kappa shape index (κ1) is 10.1. The summed E-state index contributed by atoms with van der Waals surface area (Å²) >= 11 is 0. The van der Waals surface area contributed by atoms with Gasteiger partial charge in [0.25, 0.3) is 0 Å². The van der Waals surface area contributed by atoms with Crippen molar-refractivity contribution in [1.29, 1.82) is 0 Å². The van der Waals surface area contributed by atoms with E-state index in [1.54, 1.807) is 0 Å². The van der Waals surface area contributed by atoms with Gasteiger partial charge in [-0.3, -0.25) is 0 Å². The summed E-state index contributed by atoms with van der Waals surface area (Å²) in [7, 11) is 0. The summed E-state index contributed by atoms with van der Waals surface area (Å²) in [6.07, 6.45) is 0. The van der Waals surface area contributed by atoms with Crippen molar-refractivity contribution in [2.45, 2.75) is 0 Å². The van der Waals surface area contributed by atoms with Gasteiger partial charge in [0.2, 0.25) is 0 Å². The minimum Gasteiger partial charge on any atom is -0.455 e. The monoisotopic (exact) mass is 600 g/mol. The quantitative estimate of drug-likeness (QED) is 0.183. The van der Waals surface area contributed by atoms with E-state index in [9.17, 15) is 12.3 Å². The molecular formula is C44H28O. The Bertz CT molecular complexity index is 3980. The van der Waals surface area contributed by atoms with Gasteiger partial charge in [0.1, 0.15) is 11.2 Å². The van der Waals surface area contributed by atoms with Gasteiger partial charge in [0, 0.05) is 21.9 Å². The second-order valence-corrected chi connectivity index (χ2v) is 9.51. The number of furan rings is 1. The van der Waals surface area contributed by atoms with Crippen LogP contribution in [-0.4, -0.2) is 0 Å². The van der Waals surface area contributed by atoms with E-state index in [1.807, 2.05) is 0 Å². The van der Waals surface area contributed by atoms with E-state index in [0.29, 0.717) is 0 Å². The molecule has 0 fully saturated rings. The van der Waals surface area contributed by atoms with Crippen LogP contribution in [0.2, 0.25) is 0 Å². The smallest absolute Gasteiger partial charge is 0.143 e. The molecule has 9 rings (SSSR count). The first-order chi connectivity index (χ1) is 34.0. The normalized spacial score (nSPS) is 20.3. The molecule has 0 saturated heterocycles. The molecule has 0 saturated carbocycles. The van der Waals surface area contributed by atoms with Gasteiger partial charge in [-0.2, -0.15) is 0 Å². The van der Waals surface area contributed by atoms with Gasteiger partial charge in [-0.15, -0.1) is 0 Å². The molecule has 0 radical (unpaired) electrons. The Hall–Kier alpha value is -5.92. The zero-order valence-electron chi connectivity index (χ0n) is 50.4. The summed E-state index contributed by atoms with van der Waals surface area (Å²) in [6, 6.07) is -27.1. The molecule has 0 bridgehead atoms. The van der Waals surface area contributed by atoms with E-state index in [-0.39, 0.29) is 0 Å². The third-order valence-electron chi connectivity index (χ3n) is 7.12. The molecule has 1 nitrogen and oxygen atoms in total. The fourth-order valence-corrected chi connectivity index (χ4v) is 5.31. The highest BCUT2D eigenvalue weighted by atomic mass is 16.3. The van der Waals surface area contributed by atoms with Crippen LogP contribution in [0.5, 0.6) is 0 Å². The molecule has 210 valence electrons. The van der Waals surface area contributed by atoms with Crippen LogP contribution in [0.4, 0.5) is 0 Å². The topological polar surface area (TPSA) is 13.1 Å². The van der Waals surface area contributed by atoms with Crippen LogP contribution in [0.25, 0.3) is 88.0 Å². The van der Waals surface area contributed by atoms with Crippen molar-refractivity contribution < 1.29 is 42.8 Å². The minimum absolute atomic E-state index is 0.551. The Labute approximate surface area is 301 Å². The number of rotatable bonds is 4. The van der Waals surface area contributed by atoms with Crippen molar-refractivity contribution in [1.82, 2.24) is 0 Å². The van der Waals surface area contributed by atoms with Gasteiger partial charge in [0.15, 0.2) is 0 Å². The first-order valence-electron chi connectivity index (χ1n) is 27.2. The molecule has 0 spiro atoms. The number of benzene rings is 8. The van der Waals surface area contributed by atoms with Crippen molar-refractivity contribution in [3.05, 3.63) is 169 Å². The van der Waals surface area contributed by atoms with E-state index < -0.39 is 257 Å². The molecule has 0 N–H and O–H groups in total. The lowest BCUT2D eigenvalue weighted by Crippen LogP contribution is -1.91. The SMILES string of the molecule is [2H]c1c([2H])c([2H])c(-c2c([2H])c([2H])c([2H])c(-c3c4c([2H])c([2H])c([2H])c([2H])c4c(-c4c([2H])c([2H])c([2H])c5c4oc4c([2H])c([2H])c([2H])c(-c6c([2H])c([2H])c([2H])c([2H])c6[2H])c45)c4c([2H])c([2H])c([2H])c([2H])c34)c2[2H])c([2H])c1[2H]. The summed E-state index contributed by atoms with van der Waals surface area (Å²) in [5.74, 6) is 0. The molecule has 0 aliphatic rings. The Kier molecular flexibility index (Phi) is 2.32. The molecule has 0 aliphatic heterocycles. The second kappa shape index (κ2) is 10.4. The van der Waals surface area contributed by atoms with Crippen LogP contribution in [-0.2, 0) is 0 Å². The van der Waals surface area contributed by atoms with Gasteiger partial charge >= 0.3 is 0 Å². The summed E-state index contributed by atoms with van der Waals surface area (Å²) in [5.41, 5.74) is -7.61. The number of hydrogen-bond donors (Lipinski definition) is 0. The van der Waals surface area contributed by atoms with Gasteiger partial charge < -0.3 is 4.42 Å². The fourth-order valence-electron chi connectivity index (χ4n) is 5.31. The summed E-state index contributed by atoms with van der Waals surface area (Å²) < 4.78 is 256. The lowest BCUT2D eigenvalue weighted by atomic mass is 9.85. The maximum Gasteiger partial charge on any atom is 0.143 e. The minimum atomic E-state index is -1.06. The first-order valence-corrected chi connectivity index (χ1v) is 13.2. The zero-order valence-corrected chi connectivity index (χ0v) is 22.4. The molecule has 1 heterocycles. The molecule has 0 aliphatic carbocycles. The molecule has 8 aromatic carbocycles. The van der Waals surface area contributed by atoms with E-state index in [1.165, 1.54) is 0 Å². The van der Waals surface area contributed by atoms with Crippen molar-refractivity contribution >= 4 is 43.5 Å². The predicted octanol–water partition coefficient (Wildman–Crippen LogP) is 12.6. The van der Waals surface area contributed by atoms with Crippen LogP contribution in [0.15, 0.2) is 174 Å². The fraction of sp³-hybridized carbons (Fsp3) is 0. The Morgan fingerprint density at radius 1 is 0.356 bits per heavy atom. The van der Waals surface area contributed by atoms with Crippen LogP contribution < -0.4 is 0 Å². The lowest BCUT2D eigenvalue weighted by Gasteiger charge is -2.18. The maximum absolute atomic E-state index is 9.62. The average molecular weight is 601 g/mol. The highest BCUT2D eigenvalue weighted by Gasteiger charge is 2.21. The standard InChI is InChI=1S/C44H28O/c1-3-14-29(15-4-1)31-18-11-19-32(28-31)41-34-20-7-9-22-36(34)42(37-23-10-8-21-35(37)41)38-25-12-26-39-43-33(30-16-5-2-6-17-30)24-13-27-40(43)45-44(38)39/h1-28H/i1D,2D,3D,4D,5D,6D,7D,8D,9D,10D,11D,12D,13D,14D,15D,16D,17D,18D,19D,20D,21D,22D,23D,24D,25D,26D,27D,28D. The molecule has 9 aromatic rings. The molecule has 1 heteroatoms. The van der Waals surface area contributed by atoms with E-state index in [2.05, 4.69) is 0 Å². The van der Waals surface area contributed by atoms with Crippen molar-refractivity contribution in [3.8, 4) is 44.5 Å². The molecule has 0 unspecified atom stereocenters. The van der Waals surface area contributed by atoms with Gasteiger partial charge in [-0.25, -0.2) is 0 Å². The molecule has 0 amide bonds. The predicted molar refractivity (Wildman–Crippen MR) is 190 cm³/mol. The van der Waals surface area contributed by atoms with Gasteiger partial charge in [0.05, 0.1) is 38.4 Å². The Morgan fingerprint density at radius 3 is 1.53 bits per heavy atom. The van der Waals surface area contributed by atoms with Gasteiger partial charge in [-0.1, -0.05) is 157 Å². The Balaban J connectivity index is 1.62. The van der Waals surface area contributed by atoms with Crippen LogP contribution in [0, 0.1) is 0 Å². The number of hydrogen-bond acceptors (Lipinski definition) is 1. The largest absolute Gasteiger partial charge is 0.455 e. The van der Waals surface area contributed by atoms with E-state index in [0.717, 1.165) is 0 Å². The molecule has 45 heavy (non-hydrogen) atoms. The van der Waals surface area contributed by atoms with E-state index >= 15 is 0 Å². The maximum atomic E-state index is 9.62. The summed E-state index contributed by atoms with van der Waals surface area (Å²) in [5, 5.41) is -4.26. The van der Waals surface area contributed by atoms with Crippen molar-refractivity contribution in [3.63, 3.8) is 0 Å². The third kappa shape index (κ3) is 4.09. The van der Waals surface area contributed by atoms with Crippen LogP contribution >= 0.6 is 0 Å². The highest BCUT2D eigenvalue weighted by Crippen LogP contribution is 2.47. The summed E-state index contributed by atoms with van der Waals surface area (Å²) in [6.45, 7) is 0.